The van der Waals surface area contributed by atoms with Crippen molar-refractivity contribution in [1.82, 2.24) is 10.6 Å². The number of hydrogen-bond donors (Lipinski definition) is 6. The Morgan fingerprint density at radius 1 is 0.519 bits per heavy atom. The Labute approximate surface area is 307 Å². The van der Waals surface area contributed by atoms with E-state index in [1.54, 1.807) is 38.1 Å². The van der Waals surface area contributed by atoms with E-state index in [9.17, 15) is 30.0 Å². The number of benzene rings is 4. The van der Waals surface area contributed by atoms with Crippen molar-refractivity contribution < 1.29 is 39.5 Å². The SMILES string of the molecule is CC(O)COCC(Cc1ccccc1)NC(=O)CCc1ccc(O)cc1.CC(O)COCC(Cc1ccccc1)NC(=O)CCc1ccc(O)cc1. The fourth-order valence-electron chi connectivity index (χ4n) is 5.30. The second kappa shape index (κ2) is 23.7. The van der Waals surface area contributed by atoms with Gasteiger partial charge in [0.25, 0.3) is 0 Å². The van der Waals surface area contributed by atoms with Crippen molar-refractivity contribution >= 4 is 11.8 Å². The number of aliphatic hydroxyl groups excluding tert-OH is 2. The predicted octanol–water partition coefficient (Wildman–Crippen LogP) is 4.90. The van der Waals surface area contributed by atoms with Crippen LogP contribution in [-0.2, 0) is 44.7 Å². The van der Waals surface area contributed by atoms with Crippen LogP contribution in [0.15, 0.2) is 109 Å². The fraction of sp³-hybridized carbons (Fsp3) is 0.381. The van der Waals surface area contributed by atoms with Crippen LogP contribution >= 0.6 is 0 Å². The molecule has 0 aliphatic heterocycles. The van der Waals surface area contributed by atoms with E-state index in [4.69, 9.17) is 9.47 Å². The van der Waals surface area contributed by atoms with Crippen LogP contribution in [0, 0.1) is 0 Å². The van der Waals surface area contributed by atoms with Crippen LogP contribution in [0.2, 0.25) is 0 Å². The highest BCUT2D eigenvalue weighted by molar-refractivity contribution is 5.77. The maximum Gasteiger partial charge on any atom is 0.220 e. The number of aliphatic hydroxyl groups is 2. The van der Waals surface area contributed by atoms with E-state index in [-0.39, 0.29) is 48.6 Å². The Bertz CT molecular complexity index is 1430. The van der Waals surface area contributed by atoms with Crippen LogP contribution in [0.1, 0.15) is 48.9 Å². The first kappa shape index (κ1) is 41.7. The normalized spacial score (nSPS) is 13.2. The lowest BCUT2D eigenvalue weighted by Gasteiger charge is -2.20. The summed E-state index contributed by atoms with van der Waals surface area (Å²) in [4.78, 5) is 24.6. The average molecular weight is 715 g/mol. The number of phenols is 2. The highest BCUT2D eigenvalue weighted by Gasteiger charge is 2.16. The number of hydrogen-bond acceptors (Lipinski definition) is 8. The zero-order valence-electron chi connectivity index (χ0n) is 30.2. The third-order valence-electron chi connectivity index (χ3n) is 7.89. The molecule has 0 aliphatic rings. The third kappa shape index (κ3) is 18.5. The summed E-state index contributed by atoms with van der Waals surface area (Å²) in [7, 11) is 0. The van der Waals surface area contributed by atoms with Crippen molar-refractivity contribution in [1.29, 1.82) is 0 Å². The van der Waals surface area contributed by atoms with Crippen molar-refractivity contribution in [2.75, 3.05) is 26.4 Å². The number of aryl methyl sites for hydroxylation is 2. The van der Waals surface area contributed by atoms with E-state index >= 15 is 0 Å². The molecular formula is C42H54N2O8. The van der Waals surface area contributed by atoms with Crippen LogP contribution in [0.5, 0.6) is 11.5 Å². The molecule has 6 N–H and O–H groups in total. The van der Waals surface area contributed by atoms with Crippen LogP contribution < -0.4 is 10.6 Å². The minimum absolute atomic E-state index is 0.0420. The van der Waals surface area contributed by atoms with Gasteiger partial charge in [-0.15, -0.1) is 0 Å². The van der Waals surface area contributed by atoms with Crippen LogP contribution in [-0.4, -0.2) is 83.0 Å². The van der Waals surface area contributed by atoms with Gasteiger partial charge in [-0.1, -0.05) is 84.9 Å². The second-order valence-electron chi connectivity index (χ2n) is 13.0. The van der Waals surface area contributed by atoms with Gasteiger partial charge in [0, 0.05) is 12.8 Å². The number of ether oxygens (including phenoxy) is 2. The largest absolute Gasteiger partial charge is 0.508 e. The molecule has 0 heterocycles. The molecular weight excluding hydrogens is 660 g/mol. The summed E-state index contributed by atoms with van der Waals surface area (Å²) in [6.45, 7) is 4.53. The minimum Gasteiger partial charge on any atom is -0.508 e. The van der Waals surface area contributed by atoms with Gasteiger partial charge in [0.2, 0.25) is 11.8 Å². The Balaban J connectivity index is 0.000000280. The molecule has 4 unspecified atom stereocenters. The number of rotatable bonds is 20. The maximum absolute atomic E-state index is 12.3. The van der Waals surface area contributed by atoms with Crippen molar-refractivity contribution in [2.24, 2.45) is 0 Å². The maximum atomic E-state index is 12.3. The highest BCUT2D eigenvalue weighted by atomic mass is 16.5. The molecule has 0 fully saturated rings. The highest BCUT2D eigenvalue weighted by Crippen LogP contribution is 2.13. The molecule has 4 aromatic carbocycles. The summed E-state index contributed by atoms with van der Waals surface area (Å²) in [5.74, 6) is 0.354. The Morgan fingerprint density at radius 3 is 1.19 bits per heavy atom. The zero-order chi connectivity index (χ0) is 37.6. The van der Waals surface area contributed by atoms with E-state index in [1.165, 1.54) is 0 Å². The molecule has 0 aromatic heterocycles. The molecule has 52 heavy (non-hydrogen) atoms. The molecule has 10 nitrogen and oxygen atoms in total. The molecule has 0 radical (unpaired) electrons. The smallest absolute Gasteiger partial charge is 0.220 e. The van der Waals surface area contributed by atoms with Gasteiger partial charge in [0.05, 0.1) is 50.7 Å². The summed E-state index contributed by atoms with van der Waals surface area (Å²) < 4.78 is 11.0. The number of phenolic OH excluding ortho intramolecular Hbond substituents is 2. The molecule has 10 heteroatoms. The van der Waals surface area contributed by atoms with Gasteiger partial charge < -0.3 is 40.5 Å². The van der Waals surface area contributed by atoms with Gasteiger partial charge in [0.15, 0.2) is 0 Å². The van der Waals surface area contributed by atoms with Gasteiger partial charge >= 0.3 is 0 Å². The molecule has 280 valence electrons. The average Bonchev–Trinajstić information content (AvgIpc) is 3.12. The zero-order valence-corrected chi connectivity index (χ0v) is 30.2. The fourth-order valence-corrected chi connectivity index (χ4v) is 5.30. The standard InChI is InChI=1S/2C21H27NO4/c2*1-16(23)14-26-15-19(13-18-5-3-2-4-6-18)22-21(25)12-9-17-7-10-20(24)11-8-17/h2*2-8,10-11,16,19,23-24H,9,12-15H2,1H3,(H,22,25). The number of nitrogens with one attached hydrogen (secondary N) is 2. The summed E-state index contributed by atoms with van der Waals surface area (Å²) >= 11 is 0. The Kier molecular flexibility index (Phi) is 19.0. The molecule has 4 atom stereocenters. The summed E-state index contributed by atoms with van der Waals surface area (Å²) in [6, 6.07) is 33.3. The van der Waals surface area contributed by atoms with Gasteiger partial charge in [0.1, 0.15) is 11.5 Å². The van der Waals surface area contributed by atoms with Crippen molar-refractivity contribution in [2.45, 2.75) is 76.7 Å². The Hall–Kier alpha value is -4.74. The first-order valence-electron chi connectivity index (χ1n) is 17.8. The Morgan fingerprint density at radius 2 is 0.865 bits per heavy atom. The number of amides is 2. The van der Waals surface area contributed by atoms with E-state index < -0.39 is 12.2 Å². The lowest BCUT2D eigenvalue weighted by molar-refractivity contribution is -0.123. The summed E-state index contributed by atoms with van der Waals surface area (Å²) in [5, 5.41) is 43.3. The number of aromatic hydroxyl groups is 2. The van der Waals surface area contributed by atoms with Crippen LogP contribution in [0.4, 0.5) is 0 Å². The van der Waals surface area contributed by atoms with E-state index in [0.717, 1.165) is 22.3 Å². The van der Waals surface area contributed by atoms with Crippen molar-refractivity contribution in [3.05, 3.63) is 131 Å². The number of carbonyl (C=O) groups is 2. The van der Waals surface area contributed by atoms with Gasteiger partial charge in [-0.25, -0.2) is 0 Å². The molecule has 0 aliphatic carbocycles. The van der Waals surface area contributed by atoms with Crippen molar-refractivity contribution in [3.8, 4) is 11.5 Å². The molecule has 0 saturated carbocycles. The molecule has 0 bridgehead atoms. The summed E-state index contributed by atoms with van der Waals surface area (Å²) in [6.07, 6.45) is 2.24. The van der Waals surface area contributed by atoms with Gasteiger partial charge in [-0.2, -0.15) is 0 Å². The molecule has 0 spiro atoms. The molecule has 0 saturated heterocycles. The quantitative estimate of drug-likeness (QED) is 0.0755. The lowest BCUT2D eigenvalue weighted by atomic mass is 10.1. The molecule has 2 amide bonds. The van der Waals surface area contributed by atoms with E-state index in [1.807, 2.05) is 84.9 Å². The third-order valence-corrected chi connectivity index (χ3v) is 7.89. The molecule has 4 aromatic rings. The molecule has 4 rings (SSSR count). The lowest BCUT2D eigenvalue weighted by Crippen LogP contribution is -2.40. The predicted molar refractivity (Wildman–Crippen MR) is 202 cm³/mol. The second-order valence-corrected chi connectivity index (χ2v) is 13.0. The van der Waals surface area contributed by atoms with Crippen LogP contribution in [0.25, 0.3) is 0 Å². The summed E-state index contributed by atoms with van der Waals surface area (Å²) in [5.41, 5.74) is 4.25. The van der Waals surface area contributed by atoms with E-state index in [0.29, 0.717) is 51.7 Å². The first-order valence-corrected chi connectivity index (χ1v) is 17.8. The van der Waals surface area contributed by atoms with E-state index in [2.05, 4.69) is 10.6 Å². The number of carbonyl (C=O) groups excluding carboxylic acids is 2. The van der Waals surface area contributed by atoms with Crippen LogP contribution in [0.3, 0.4) is 0 Å². The van der Waals surface area contributed by atoms with Crippen molar-refractivity contribution in [3.63, 3.8) is 0 Å². The van der Waals surface area contributed by atoms with Gasteiger partial charge in [-0.05, 0) is 86.1 Å². The monoisotopic (exact) mass is 714 g/mol. The topological polar surface area (TPSA) is 158 Å². The first-order chi connectivity index (χ1) is 25.0. The minimum atomic E-state index is -0.530. The van der Waals surface area contributed by atoms with Gasteiger partial charge in [-0.3, -0.25) is 9.59 Å².